The molecule has 0 N–H and O–H groups in total. The van der Waals surface area contributed by atoms with Crippen molar-refractivity contribution in [3.63, 3.8) is 0 Å². The van der Waals surface area contributed by atoms with Gasteiger partial charge in [-0.15, -0.1) is 10.2 Å². The van der Waals surface area contributed by atoms with Crippen molar-refractivity contribution in [2.75, 3.05) is 13.7 Å². The van der Waals surface area contributed by atoms with Crippen molar-refractivity contribution in [1.82, 2.24) is 19.8 Å². The molecule has 164 valence electrons. The van der Waals surface area contributed by atoms with E-state index in [0.717, 1.165) is 33.0 Å². The number of rotatable bonds is 9. The van der Waals surface area contributed by atoms with E-state index in [0.29, 0.717) is 6.61 Å². The molecular weight excluding hydrogens is 414 g/mol. The van der Waals surface area contributed by atoms with Crippen LogP contribution in [0.2, 0.25) is 0 Å². The molecule has 3 heterocycles. The maximum atomic E-state index is 5.80. The number of benzene rings is 1. The lowest BCUT2D eigenvalue weighted by Gasteiger charge is -2.07. The molecule has 1 fully saturated rings. The van der Waals surface area contributed by atoms with Crippen molar-refractivity contribution in [3.05, 3.63) is 47.2 Å². The molecule has 3 unspecified atom stereocenters. The first kappa shape index (κ1) is 21.5. The van der Waals surface area contributed by atoms with Crippen LogP contribution in [0.25, 0.3) is 4.96 Å². The summed E-state index contributed by atoms with van der Waals surface area (Å²) < 4.78 is 18.4. The highest BCUT2D eigenvalue weighted by atomic mass is 32.1. The molecule has 1 aliphatic heterocycles. The highest BCUT2D eigenvalue weighted by Crippen LogP contribution is 2.27. The molecule has 0 spiro atoms. The van der Waals surface area contributed by atoms with E-state index >= 15 is 0 Å². The number of fused-ring (bicyclic) bond motifs is 1. The number of aliphatic imine (C=N–C) groups is 1. The van der Waals surface area contributed by atoms with Crippen LogP contribution in [0.5, 0.6) is 11.5 Å². The van der Waals surface area contributed by atoms with Gasteiger partial charge in [-0.25, -0.2) is 0 Å². The lowest BCUT2D eigenvalue weighted by molar-refractivity contribution is 0.260. The summed E-state index contributed by atoms with van der Waals surface area (Å²) >= 11 is 1.56. The van der Waals surface area contributed by atoms with Gasteiger partial charge < -0.3 is 14.2 Å². The first-order chi connectivity index (χ1) is 14.9. The molecule has 0 bridgehead atoms. The van der Waals surface area contributed by atoms with E-state index in [4.69, 9.17) is 19.2 Å². The van der Waals surface area contributed by atoms with Crippen LogP contribution in [0.15, 0.2) is 41.4 Å². The monoisotopic (exact) mass is 441 g/mol. The number of aromatic nitrogens is 4. The summed E-state index contributed by atoms with van der Waals surface area (Å²) in [5, 5.41) is 13.8. The van der Waals surface area contributed by atoms with Crippen LogP contribution in [0.4, 0.5) is 0 Å². The third-order valence-electron chi connectivity index (χ3n) is 5.00. The lowest BCUT2D eigenvalue weighted by Crippen LogP contribution is -2.10. The first-order valence-corrected chi connectivity index (χ1v) is 11.1. The molecule has 8 nitrogen and oxygen atoms in total. The molecule has 0 saturated carbocycles. The molecule has 1 aromatic carbocycles. The Morgan fingerprint density at radius 1 is 1.23 bits per heavy atom. The Hall–Kier alpha value is -2.78. The number of methoxy groups -OCH3 is 1. The number of hydrogen-bond acceptors (Lipinski definition) is 8. The van der Waals surface area contributed by atoms with Gasteiger partial charge >= 0.3 is 0 Å². The zero-order chi connectivity index (χ0) is 22.0. The molecule has 4 rings (SSSR count). The second-order valence-electron chi connectivity index (χ2n) is 7.79. The highest BCUT2D eigenvalue weighted by molar-refractivity contribution is 7.16. The van der Waals surface area contributed by atoms with Gasteiger partial charge in [0.2, 0.25) is 4.96 Å². The smallest absolute Gasteiger partial charge is 0.234 e. The van der Waals surface area contributed by atoms with Crippen LogP contribution in [-0.4, -0.2) is 51.6 Å². The summed E-state index contributed by atoms with van der Waals surface area (Å²) in [5.74, 6) is 2.84. The van der Waals surface area contributed by atoms with Crippen molar-refractivity contribution in [2.45, 2.75) is 45.9 Å². The van der Waals surface area contributed by atoms with Crippen LogP contribution in [-0.2, 0) is 4.74 Å². The Labute approximate surface area is 185 Å². The van der Waals surface area contributed by atoms with E-state index in [9.17, 15) is 0 Å². The summed E-state index contributed by atoms with van der Waals surface area (Å²) in [6, 6.07) is 7.52. The average molecular weight is 442 g/mol. The van der Waals surface area contributed by atoms with E-state index in [1.54, 1.807) is 23.0 Å². The standard InChI is InChI=1S/C22H27N5O3S/c1-13(2)18(11-6-14(3)21-26-27-15(4)24-25-22(27)31-21)23-20-19(30-20)12-29-17-9-7-16(28-5)8-10-17/h6-11,13-14,19-20H,12H2,1-5H3/b11-6-,23-18?. The maximum absolute atomic E-state index is 5.80. The summed E-state index contributed by atoms with van der Waals surface area (Å²) in [6.07, 6.45) is 4.02. The summed E-state index contributed by atoms with van der Waals surface area (Å²) in [4.78, 5) is 5.60. The predicted molar refractivity (Wildman–Crippen MR) is 120 cm³/mol. The molecule has 0 amide bonds. The van der Waals surface area contributed by atoms with Gasteiger partial charge in [-0.3, -0.25) is 4.99 Å². The Morgan fingerprint density at radius 3 is 2.65 bits per heavy atom. The summed E-state index contributed by atoms with van der Waals surface area (Å²) in [7, 11) is 1.64. The molecular formula is C22H27N5O3S. The average Bonchev–Trinajstić information content (AvgIpc) is 3.21. The number of aryl methyl sites for hydroxylation is 1. The summed E-state index contributed by atoms with van der Waals surface area (Å²) in [6.45, 7) is 8.75. The van der Waals surface area contributed by atoms with Crippen molar-refractivity contribution >= 4 is 22.0 Å². The SMILES string of the molecule is COc1ccc(OCC2OC2N=C(/C=C\C(C)c2nn3c(C)nnc3s2)C(C)C)cc1. The molecule has 3 atom stereocenters. The van der Waals surface area contributed by atoms with Gasteiger partial charge in [-0.05, 0) is 43.2 Å². The van der Waals surface area contributed by atoms with Crippen molar-refractivity contribution in [1.29, 1.82) is 0 Å². The molecule has 1 saturated heterocycles. The van der Waals surface area contributed by atoms with Gasteiger partial charge in [-0.2, -0.15) is 9.61 Å². The predicted octanol–water partition coefficient (Wildman–Crippen LogP) is 4.06. The number of ether oxygens (including phenoxy) is 3. The van der Waals surface area contributed by atoms with Crippen molar-refractivity contribution < 1.29 is 14.2 Å². The molecule has 0 radical (unpaired) electrons. The second-order valence-corrected chi connectivity index (χ2v) is 8.78. The second kappa shape index (κ2) is 9.15. The maximum Gasteiger partial charge on any atom is 0.234 e. The topological polar surface area (TPSA) is 86.4 Å². The van der Waals surface area contributed by atoms with Crippen LogP contribution >= 0.6 is 11.3 Å². The van der Waals surface area contributed by atoms with Crippen LogP contribution in [0.1, 0.15) is 37.5 Å². The van der Waals surface area contributed by atoms with Gasteiger partial charge in [-0.1, -0.05) is 38.2 Å². The fraction of sp³-hybridized carbons (Fsp3) is 0.455. The largest absolute Gasteiger partial charge is 0.497 e. The summed E-state index contributed by atoms with van der Waals surface area (Å²) in [5.41, 5.74) is 1.00. The van der Waals surface area contributed by atoms with Gasteiger partial charge in [0.15, 0.2) is 12.1 Å². The Balaban J connectivity index is 1.34. The van der Waals surface area contributed by atoms with Crippen LogP contribution in [0.3, 0.4) is 0 Å². The van der Waals surface area contributed by atoms with Crippen LogP contribution in [0, 0.1) is 12.8 Å². The molecule has 0 aliphatic carbocycles. The molecule has 9 heteroatoms. The third kappa shape index (κ3) is 5.11. The lowest BCUT2D eigenvalue weighted by atomic mass is 10.1. The number of nitrogens with zero attached hydrogens (tertiary/aromatic N) is 5. The van der Waals surface area contributed by atoms with Gasteiger partial charge in [0.05, 0.1) is 7.11 Å². The minimum Gasteiger partial charge on any atom is -0.497 e. The normalized spacial score (nSPS) is 20.0. The fourth-order valence-electron chi connectivity index (χ4n) is 2.99. The van der Waals surface area contributed by atoms with E-state index in [-0.39, 0.29) is 24.2 Å². The first-order valence-electron chi connectivity index (χ1n) is 10.3. The minimum atomic E-state index is -0.160. The van der Waals surface area contributed by atoms with Crippen molar-refractivity contribution in [3.8, 4) is 11.5 Å². The van der Waals surface area contributed by atoms with Gasteiger partial charge in [0.25, 0.3) is 0 Å². The molecule has 3 aromatic rings. The van der Waals surface area contributed by atoms with Gasteiger partial charge in [0.1, 0.15) is 29.2 Å². The molecule has 1 aliphatic rings. The zero-order valence-corrected chi connectivity index (χ0v) is 19.2. The van der Waals surface area contributed by atoms with Crippen molar-refractivity contribution in [2.24, 2.45) is 10.9 Å². The highest BCUT2D eigenvalue weighted by Gasteiger charge is 2.39. The molecule has 31 heavy (non-hydrogen) atoms. The van der Waals surface area contributed by atoms with Gasteiger partial charge in [0, 0.05) is 11.6 Å². The Morgan fingerprint density at radius 2 is 1.97 bits per heavy atom. The number of epoxide rings is 1. The number of allylic oxidation sites excluding steroid dienone is 2. The Kier molecular flexibility index (Phi) is 6.33. The van der Waals surface area contributed by atoms with E-state index in [1.807, 2.05) is 31.2 Å². The third-order valence-corrected chi connectivity index (χ3v) is 6.10. The zero-order valence-electron chi connectivity index (χ0n) is 18.3. The van der Waals surface area contributed by atoms with E-state index in [2.05, 4.69) is 48.2 Å². The fourth-order valence-corrected chi connectivity index (χ4v) is 3.90. The van der Waals surface area contributed by atoms with E-state index in [1.165, 1.54) is 0 Å². The van der Waals surface area contributed by atoms with Crippen LogP contribution < -0.4 is 9.47 Å². The Bertz CT molecular complexity index is 1090. The van der Waals surface area contributed by atoms with E-state index < -0.39 is 0 Å². The minimum absolute atomic E-state index is 0.0242. The number of hydrogen-bond donors (Lipinski definition) is 0. The molecule has 2 aromatic heterocycles. The quantitative estimate of drug-likeness (QED) is 0.368.